The molecule has 190 valence electrons. The van der Waals surface area contributed by atoms with Gasteiger partial charge < -0.3 is 29.1 Å². The van der Waals surface area contributed by atoms with Crippen LogP contribution in [0, 0.1) is 12.7 Å². The Balaban J connectivity index is 1.89. The summed E-state index contributed by atoms with van der Waals surface area (Å²) >= 11 is 6.67. The molecule has 2 aromatic carbocycles. The van der Waals surface area contributed by atoms with Crippen LogP contribution in [0.15, 0.2) is 24.3 Å². The number of methoxy groups -OCH3 is 1. The van der Waals surface area contributed by atoms with Crippen molar-refractivity contribution in [2.45, 2.75) is 39.3 Å². The predicted molar refractivity (Wildman–Crippen MR) is 130 cm³/mol. The van der Waals surface area contributed by atoms with Gasteiger partial charge in [-0.2, -0.15) is 0 Å². The molecule has 0 aliphatic carbocycles. The van der Waals surface area contributed by atoms with E-state index in [-0.39, 0.29) is 46.5 Å². The summed E-state index contributed by atoms with van der Waals surface area (Å²) in [7, 11) is 1.42. The summed E-state index contributed by atoms with van der Waals surface area (Å²) in [5, 5.41) is 10.4. The molecule has 1 unspecified atom stereocenters. The second-order valence-corrected chi connectivity index (χ2v) is 9.66. The summed E-state index contributed by atoms with van der Waals surface area (Å²) in [6.45, 7) is 7.99. The van der Waals surface area contributed by atoms with Gasteiger partial charge in [0.2, 0.25) is 6.41 Å². The number of piperazine rings is 1. The smallest absolute Gasteiger partial charge is 0.410 e. The zero-order valence-corrected chi connectivity index (χ0v) is 21.2. The van der Waals surface area contributed by atoms with Crippen molar-refractivity contribution < 1.29 is 33.3 Å². The molecule has 0 aromatic heterocycles. The molecular weight excluding hydrogens is 479 g/mol. The zero-order chi connectivity index (χ0) is 25.9. The largest absolute Gasteiger partial charge is 0.507 e. The Morgan fingerprint density at radius 1 is 1.29 bits per heavy atom. The number of carbonyl (C=O) groups excluding carboxylic acids is 2. The first-order valence-corrected chi connectivity index (χ1v) is 11.5. The van der Waals surface area contributed by atoms with Gasteiger partial charge in [0.25, 0.3) is 0 Å². The maximum atomic E-state index is 14.7. The first-order chi connectivity index (χ1) is 16.5. The van der Waals surface area contributed by atoms with Gasteiger partial charge in [0.05, 0.1) is 29.3 Å². The number of rotatable bonds is 6. The normalized spacial score (nSPS) is 16.1. The van der Waals surface area contributed by atoms with Crippen LogP contribution in [-0.2, 0) is 9.53 Å². The molecule has 1 aliphatic rings. The summed E-state index contributed by atoms with van der Waals surface area (Å²) in [6, 6.07) is 5.11. The molecule has 0 radical (unpaired) electrons. The zero-order valence-electron chi connectivity index (χ0n) is 20.4. The van der Waals surface area contributed by atoms with Crippen LogP contribution in [-0.4, -0.2) is 72.4 Å². The summed E-state index contributed by atoms with van der Waals surface area (Å²) in [4.78, 5) is 27.3. The summed E-state index contributed by atoms with van der Waals surface area (Å²) in [6.07, 6.45) is 0.246. The third-order valence-electron chi connectivity index (χ3n) is 5.57. The van der Waals surface area contributed by atoms with Crippen LogP contribution >= 0.6 is 11.6 Å². The number of phenolic OH excluding ortho intramolecular Hbond substituents is 1. The second-order valence-electron chi connectivity index (χ2n) is 9.28. The van der Waals surface area contributed by atoms with Crippen molar-refractivity contribution in [3.8, 4) is 28.4 Å². The third kappa shape index (κ3) is 5.90. The molecule has 0 bridgehead atoms. The molecular formula is C25H30ClFN2O6. The molecule has 0 spiro atoms. The number of halogens is 2. The summed E-state index contributed by atoms with van der Waals surface area (Å²) in [5.74, 6) is -0.450. The quantitative estimate of drug-likeness (QED) is 0.572. The molecule has 2 aromatic rings. The Kier molecular flexibility index (Phi) is 8.00. The van der Waals surface area contributed by atoms with E-state index >= 15 is 0 Å². The van der Waals surface area contributed by atoms with Crippen LogP contribution in [0.25, 0.3) is 11.1 Å². The van der Waals surface area contributed by atoms with Gasteiger partial charge in [-0.15, -0.1) is 0 Å². The summed E-state index contributed by atoms with van der Waals surface area (Å²) < 4.78 is 31.6. The highest BCUT2D eigenvalue weighted by Crippen LogP contribution is 2.47. The van der Waals surface area contributed by atoms with E-state index in [2.05, 4.69) is 0 Å². The predicted octanol–water partition coefficient (Wildman–Crippen LogP) is 4.63. The number of ether oxygens (including phenoxy) is 3. The molecule has 3 rings (SSSR count). The van der Waals surface area contributed by atoms with Gasteiger partial charge in [-0.05, 0) is 51.5 Å². The van der Waals surface area contributed by atoms with E-state index in [9.17, 15) is 19.1 Å². The Labute approximate surface area is 209 Å². The Hall–Kier alpha value is -3.20. The van der Waals surface area contributed by atoms with Crippen molar-refractivity contribution in [1.29, 1.82) is 0 Å². The van der Waals surface area contributed by atoms with Crippen molar-refractivity contribution in [2.24, 2.45) is 0 Å². The van der Waals surface area contributed by atoms with E-state index < -0.39 is 23.6 Å². The minimum absolute atomic E-state index is 0.0214. The van der Waals surface area contributed by atoms with E-state index in [1.807, 2.05) is 0 Å². The van der Waals surface area contributed by atoms with Gasteiger partial charge in [0.15, 0.2) is 0 Å². The number of hydrogen-bond acceptors (Lipinski definition) is 6. The SMILES string of the molecule is COc1cc(C)c(OCC2CN(C(=O)OC(C)(C)C)CCN2C=O)c(Cl)c1-c1c(O)cccc1F. The minimum Gasteiger partial charge on any atom is -0.507 e. The van der Waals surface area contributed by atoms with E-state index in [1.54, 1.807) is 38.7 Å². The van der Waals surface area contributed by atoms with Crippen LogP contribution in [0.2, 0.25) is 5.02 Å². The maximum absolute atomic E-state index is 14.7. The molecule has 0 saturated carbocycles. The maximum Gasteiger partial charge on any atom is 0.410 e. The van der Waals surface area contributed by atoms with Crippen molar-refractivity contribution in [1.82, 2.24) is 9.80 Å². The highest BCUT2D eigenvalue weighted by molar-refractivity contribution is 6.35. The number of nitrogens with zero attached hydrogens (tertiary/aromatic N) is 2. The number of aryl methyl sites for hydroxylation is 1. The fraction of sp³-hybridized carbons (Fsp3) is 0.440. The number of carbonyl (C=O) groups is 2. The fourth-order valence-electron chi connectivity index (χ4n) is 3.89. The molecule has 1 fully saturated rings. The number of hydrogen-bond donors (Lipinski definition) is 1. The van der Waals surface area contributed by atoms with E-state index in [4.69, 9.17) is 25.8 Å². The van der Waals surface area contributed by atoms with Crippen LogP contribution in [0.5, 0.6) is 17.2 Å². The van der Waals surface area contributed by atoms with E-state index in [0.717, 1.165) is 0 Å². The lowest BCUT2D eigenvalue weighted by molar-refractivity contribution is -0.123. The number of aromatic hydroxyl groups is 1. The molecule has 1 atom stereocenters. The second kappa shape index (κ2) is 10.6. The Morgan fingerprint density at radius 3 is 2.60 bits per heavy atom. The monoisotopic (exact) mass is 508 g/mol. The molecule has 1 saturated heterocycles. The van der Waals surface area contributed by atoms with Crippen LogP contribution < -0.4 is 9.47 Å². The first-order valence-electron chi connectivity index (χ1n) is 11.1. The van der Waals surface area contributed by atoms with Crippen molar-refractivity contribution in [3.05, 3.63) is 40.7 Å². The molecule has 2 amide bonds. The third-order valence-corrected chi connectivity index (χ3v) is 5.93. The lowest BCUT2D eigenvalue weighted by atomic mass is 10.00. The van der Waals surface area contributed by atoms with Crippen molar-refractivity contribution >= 4 is 24.1 Å². The van der Waals surface area contributed by atoms with Gasteiger partial charge >= 0.3 is 6.09 Å². The van der Waals surface area contributed by atoms with Gasteiger partial charge in [-0.25, -0.2) is 9.18 Å². The molecule has 10 heteroatoms. The standard InChI is InChI=1S/C25H30ClFN2O6/c1-15-11-19(33-5)21(20-17(27)7-6-8-18(20)31)22(26)23(15)34-13-16-12-28(9-10-29(16)14-30)24(32)35-25(2,3)4/h6-8,11,14,16,31H,9-10,12-13H2,1-5H3. The van der Waals surface area contributed by atoms with Crippen molar-refractivity contribution in [2.75, 3.05) is 33.4 Å². The Bertz CT molecular complexity index is 1080. The average Bonchev–Trinajstić information content (AvgIpc) is 2.78. The van der Waals surface area contributed by atoms with Crippen LogP contribution in [0.1, 0.15) is 26.3 Å². The number of amides is 2. The highest BCUT2D eigenvalue weighted by Gasteiger charge is 2.32. The van der Waals surface area contributed by atoms with Gasteiger partial charge in [-0.3, -0.25) is 4.79 Å². The minimum atomic E-state index is -0.674. The average molecular weight is 509 g/mol. The molecule has 35 heavy (non-hydrogen) atoms. The fourth-order valence-corrected chi connectivity index (χ4v) is 4.28. The summed E-state index contributed by atoms with van der Waals surface area (Å²) in [5.41, 5.74) is 0.0100. The number of phenols is 1. The van der Waals surface area contributed by atoms with Crippen molar-refractivity contribution in [3.63, 3.8) is 0 Å². The van der Waals surface area contributed by atoms with E-state index in [0.29, 0.717) is 25.1 Å². The van der Waals surface area contributed by atoms with Gasteiger partial charge in [-0.1, -0.05) is 17.7 Å². The lowest BCUT2D eigenvalue weighted by Gasteiger charge is -2.39. The molecule has 1 N–H and O–H groups in total. The van der Waals surface area contributed by atoms with Gasteiger partial charge in [0.1, 0.15) is 35.3 Å². The van der Waals surface area contributed by atoms with Gasteiger partial charge in [0, 0.05) is 19.6 Å². The molecule has 8 nitrogen and oxygen atoms in total. The highest BCUT2D eigenvalue weighted by atomic mass is 35.5. The van der Waals surface area contributed by atoms with Crippen LogP contribution in [0.3, 0.4) is 0 Å². The van der Waals surface area contributed by atoms with Crippen LogP contribution in [0.4, 0.5) is 9.18 Å². The Morgan fingerprint density at radius 2 is 2.00 bits per heavy atom. The molecule has 1 aliphatic heterocycles. The van der Waals surface area contributed by atoms with E-state index in [1.165, 1.54) is 30.2 Å². The number of benzene rings is 2. The topological polar surface area (TPSA) is 88.5 Å². The lowest BCUT2D eigenvalue weighted by Crippen LogP contribution is -2.56. The first kappa shape index (κ1) is 26.4. The molecule has 1 heterocycles.